The summed E-state index contributed by atoms with van der Waals surface area (Å²) in [6.45, 7) is 21.2. The van der Waals surface area contributed by atoms with Crippen LogP contribution >= 0.6 is 0 Å². The summed E-state index contributed by atoms with van der Waals surface area (Å²) in [7, 11) is 5.01. The van der Waals surface area contributed by atoms with Crippen molar-refractivity contribution >= 4 is 11.9 Å². The van der Waals surface area contributed by atoms with Gasteiger partial charge in [-0.05, 0) is 120 Å². The molecule has 4 unspecified atom stereocenters. The van der Waals surface area contributed by atoms with E-state index in [0.29, 0.717) is 13.0 Å². The van der Waals surface area contributed by atoms with Gasteiger partial charge in [-0.15, -0.1) is 0 Å². The average Bonchev–Trinajstić information content (AvgIpc) is 4.06. The number of carboxylic acid groups (broad SMARTS) is 1. The average molecular weight is 1060 g/mol. The van der Waals surface area contributed by atoms with E-state index >= 15 is 0 Å². The molecule has 0 aromatic heterocycles. The third-order valence-corrected chi connectivity index (χ3v) is 17.1. The number of carbonyl (C=O) groups is 2. The highest BCUT2D eigenvalue weighted by molar-refractivity contribution is 5.82. The SMILES string of the molecule is C.C.CO[C@@H]1C(O)CC[C@]2(CO2)C1[C@@]1(C)O[C@@H]1CC=C(C)C.CO[C@@H]1C(OC(=O)/C=C/C=C/C=C/C=C/C(=O)O)CC[C@]2(CO2)C1[C@@]1(C)O[C@@H]1CC=C(C)C.CO[C@@H]1[C@H](O)CC[C@]2(CO2)[C@H]1[C@@]1(C)O[C@@H]1CC=C(C)C. The van der Waals surface area contributed by atoms with Crippen LogP contribution in [0.1, 0.15) is 135 Å². The lowest BCUT2D eigenvalue weighted by molar-refractivity contribution is -0.166. The Kier molecular flexibility index (Phi) is 21.0. The smallest absolute Gasteiger partial charge is 0.331 e. The molecule has 3 spiro atoms. The van der Waals surface area contributed by atoms with Crippen molar-refractivity contribution in [2.75, 3.05) is 41.2 Å². The first-order valence-corrected chi connectivity index (χ1v) is 26.5. The van der Waals surface area contributed by atoms with E-state index in [2.05, 4.69) is 80.5 Å². The van der Waals surface area contributed by atoms with Crippen LogP contribution in [0.2, 0.25) is 0 Å². The standard InChI is InChI=1S/C26H34O7.2C16H26O4.2CH4/c1-18(2)13-14-20-25(3,33-20)24-23(30-4)19(15-16-26(24)17-31-26)32-22(29)12-10-8-6-5-7-9-11-21(27)28;2*1-10(2)5-6-12-15(3,20-12)14-13(18-4)11(17)7-8-16(14)9-19-16;;/h5-13,19-20,23-24H,14-17H2,1-4H3,(H,27,28);2*5,11-14,17H,6-9H2,1-4H3;2*1H4/b7-5+,8-6+,11-9+,12-10+;;;;/t19?,20-,23-,24?,25+,26+;11?,12-,13-,14?,15+,16+;11-,12-,13-,14-,15+,16+;;/m111../s1. The monoisotopic (exact) mass is 1050 g/mol. The molecule has 9 fully saturated rings. The number of allylic oxidation sites excluding steroid dienone is 9. The van der Waals surface area contributed by atoms with Crippen LogP contribution in [0, 0.1) is 17.8 Å². The fourth-order valence-corrected chi connectivity index (χ4v) is 12.7. The van der Waals surface area contributed by atoms with Gasteiger partial charge >= 0.3 is 11.9 Å². The molecule has 0 aromatic carbocycles. The van der Waals surface area contributed by atoms with Crippen LogP contribution < -0.4 is 0 Å². The molecule has 9 rings (SSSR count). The van der Waals surface area contributed by atoms with E-state index < -0.39 is 24.1 Å². The number of hydrogen-bond acceptors (Lipinski definition) is 14. The van der Waals surface area contributed by atoms with Crippen molar-refractivity contribution in [2.24, 2.45) is 17.8 Å². The van der Waals surface area contributed by atoms with Crippen LogP contribution in [0.15, 0.2) is 83.6 Å². The molecule has 424 valence electrons. The van der Waals surface area contributed by atoms with Gasteiger partial charge in [0.05, 0.1) is 91.5 Å². The van der Waals surface area contributed by atoms with Crippen molar-refractivity contribution in [2.45, 2.75) is 223 Å². The fourth-order valence-electron chi connectivity index (χ4n) is 12.7. The quantitative estimate of drug-likeness (QED) is 0.0384. The first-order valence-electron chi connectivity index (χ1n) is 26.5. The molecule has 15 nitrogen and oxygen atoms in total. The van der Waals surface area contributed by atoms with E-state index in [9.17, 15) is 19.8 Å². The first kappa shape index (κ1) is 62.5. The second-order valence-electron chi connectivity index (χ2n) is 23.1. The number of esters is 1. The van der Waals surface area contributed by atoms with Gasteiger partial charge in [0.2, 0.25) is 0 Å². The molecule has 0 radical (unpaired) electrons. The van der Waals surface area contributed by atoms with E-state index in [0.717, 1.165) is 70.7 Å². The minimum absolute atomic E-state index is 0. The number of ether oxygens (including phenoxy) is 10. The van der Waals surface area contributed by atoms with Crippen molar-refractivity contribution in [3.63, 3.8) is 0 Å². The molecule has 75 heavy (non-hydrogen) atoms. The highest BCUT2D eigenvalue weighted by Crippen LogP contribution is 2.62. The summed E-state index contributed by atoms with van der Waals surface area (Å²) in [5.74, 6) is -1.20. The Hall–Kier alpha value is -3.32. The van der Waals surface area contributed by atoms with Crippen molar-refractivity contribution < 1.29 is 72.3 Å². The molecule has 0 amide bonds. The van der Waals surface area contributed by atoms with Crippen LogP contribution in [0.25, 0.3) is 0 Å². The van der Waals surface area contributed by atoms with Crippen molar-refractivity contribution in [1.29, 1.82) is 0 Å². The molecule has 3 saturated carbocycles. The van der Waals surface area contributed by atoms with Gasteiger partial charge in [-0.3, -0.25) is 0 Å². The Bertz CT molecular complexity index is 2070. The summed E-state index contributed by atoms with van der Waals surface area (Å²) >= 11 is 0. The second kappa shape index (κ2) is 25.2. The van der Waals surface area contributed by atoms with Gasteiger partial charge in [-0.2, -0.15) is 0 Å². The number of aliphatic hydroxyl groups is 2. The Morgan fingerprint density at radius 3 is 1.16 bits per heavy atom. The number of carboxylic acids is 1. The highest BCUT2D eigenvalue weighted by Gasteiger charge is 2.74. The van der Waals surface area contributed by atoms with E-state index in [4.69, 9.17) is 52.5 Å². The zero-order valence-electron chi connectivity index (χ0n) is 45.5. The summed E-state index contributed by atoms with van der Waals surface area (Å²) in [6, 6.07) is 0. The van der Waals surface area contributed by atoms with Crippen molar-refractivity contribution in [3.05, 3.63) is 83.6 Å². The predicted octanol–water partition coefficient (Wildman–Crippen LogP) is 9.30. The maximum atomic E-state index is 12.4. The van der Waals surface area contributed by atoms with E-state index in [1.807, 2.05) is 0 Å². The molecule has 3 aliphatic carbocycles. The summed E-state index contributed by atoms with van der Waals surface area (Å²) < 4.78 is 58.6. The van der Waals surface area contributed by atoms with Crippen LogP contribution in [0.4, 0.5) is 0 Å². The van der Waals surface area contributed by atoms with Gasteiger partial charge in [0, 0.05) is 33.5 Å². The second-order valence-corrected chi connectivity index (χ2v) is 23.1. The molecule has 0 bridgehead atoms. The first-order chi connectivity index (χ1) is 34.6. The number of carbonyl (C=O) groups excluding carboxylic acids is 1. The molecule has 18 atom stereocenters. The number of aliphatic hydroxyl groups excluding tert-OH is 2. The van der Waals surface area contributed by atoms with E-state index in [-0.39, 0.29) is 109 Å². The van der Waals surface area contributed by atoms with Gasteiger partial charge in [0.1, 0.15) is 34.6 Å². The molecule has 3 N–H and O–H groups in total. The summed E-state index contributed by atoms with van der Waals surface area (Å²) in [4.78, 5) is 22.8. The Morgan fingerprint density at radius 2 is 0.840 bits per heavy atom. The summed E-state index contributed by atoms with van der Waals surface area (Å²) in [5, 5.41) is 29.0. The zero-order chi connectivity index (χ0) is 53.1. The van der Waals surface area contributed by atoms with Crippen LogP contribution in [0.3, 0.4) is 0 Å². The molecular weight excluding hydrogens is 961 g/mol. The molecular formula is C60H94O15. The maximum Gasteiger partial charge on any atom is 0.331 e. The Morgan fingerprint density at radius 1 is 0.520 bits per heavy atom. The number of hydrogen-bond donors (Lipinski definition) is 3. The minimum atomic E-state index is -1.00. The Balaban J connectivity index is 0.000000215. The number of epoxide rings is 6. The van der Waals surface area contributed by atoms with Gasteiger partial charge in [0.15, 0.2) is 0 Å². The number of aliphatic carboxylic acids is 1. The lowest BCUT2D eigenvalue weighted by Gasteiger charge is -2.42. The van der Waals surface area contributed by atoms with Gasteiger partial charge in [-0.25, -0.2) is 9.59 Å². The Labute approximate surface area is 448 Å². The normalized spacial score (nSPS) is 42.4. The molecule has 6 saturated heterocycles. The molecule has 0 aromatic rings. The lowest BCUT2D eigenvalue weighted by Crippen LogP contribution is -2.55. The topological polar surface area (TPSA) is 207 Å². The van der Waals surface area contributed by atoms with Crippen LogP contribution in [0.5, 0.6) is 0 Å². The number of rotatable bonds is 18. The van der Waals surface area contributed by atoms with Gasteiger partial charge < -0.3 is 62.7 Å². The summed E-state index contributed by atoms with van der Waals surface area (Å²) in [5.41, 5.74) is 2.57. The predicted molar refractivity (Wildman–Crippen MR) is 288 cm³/mol. The van der Waals surface area contributed by atoms with Crippen molar-refractivity contribution in [3.8, 4) is 0 Å². The summed E-state index contributed by atoms with van der Waals surface area (Å²) in [6.07, 6.45) is 24.8. The molecule has 6 aliphatic heterocycles. The lowest BCUT2D eigenvalue weighted by atomic mass is 9.68. The van der Waals surface area contributed by atoms with Gasteiger partial charge in [0.25, 0.3) is 0 Å². The molecule has 9 aliphatic rings. The van der Waals surface area contributed by atoms with E-state index in [1.54, 1.807) is 51.7 Å². The minimum Gasteiger partial charge on any atom is -0.478 e. The largest absolute Gasteiger partial charge is 0.478 e. The molecule has 6 heterocycles. The van der Waals surface area contributed by atoms with Crippen LogP contribution in [-0.2, 0) is 57.0 Å². The highest BCUT2D eigenvalue weighted by atomic mass is 16.7. The third kappa shape index (κ3) is 14.3. The fraction of sp³-hybridized carbons (Fsp3) is 0.733. The van der Waals surface area contributed by atoms with Gasteiger partial charge in [-0.1, -0.05) is 86.3 Å². The van der Waals surface area contributed by atoms with E-state index in [1.165, 1.54) is 28.9 Å². The van der Waals surface area contributed by atoms with Crippen molar-refractivity contribution in [1.82, 2.24) is 0 Å². The third-order valence-electron chi connectivity index (χ3n) is 17.1. The molecule has 15 heteroatoms. The zero-order valence-corrected chi connectivity index (χ0v) is 45.5. The maximum absolute atomic E-state index is 12.4. The van der Waals surface area contributed by atoms with Crippen LogP contribution in [-0.4, -0.2) is 157 Å². The number of methoxy groups -OCH3 is 3.